The first-order valence-corrected chi connectivity index (χ1v) is 12.8. The summed E-state index contributed by atoms with van der Waals surface area (Å²) < 4.78 is 26.9. The van der Waals surface area contributed by atoms with E-state index in [1.54, 1.807) is 36.0 Å². The zero-order valence-electron chi connectivity index (χ0n) is 16.8. The van der Waals surface area contributed by atoms with Gasteiger partial charge in [-0.1, -0.05) is 54.3 Å². The molecule has 0 aliphatic heterocycles. The predicted octanol–water partition coefficient (Wildman–Crippen LogP) is 4.18. The molecule has 1 heterocycles. The summed E-state index contributed by atoms with van der Waals surface area (Å²) in [5, 5.41) is 11.1. The van der Waals surface area contributed by atoms with Crippen molar-refractivity contribution in [2.75, 3.05) is 21.6 Å². The minimum Gasteiger partial charge on any atom is -0.296 e. The monoisotopic (exact) mass is 462 g/mol. The summed E-state index contributed by atoms with van der Waals surface area (Å²) in [7, 11) is -3.50. The molecule has 0 unspecified atom stereocenters. The summed E-state index contributed by atoms with van der Waals surface area (Å²) in [6.45, 7) is 4.19. The van der Waals surface area contributed by atoms with E-state index in [0.717, 1.165) is 21.2 Å². The molecule has 0 radical (unpaired) electrons. The fourth-order valence-corrected chi connectivity index (χ4v) is 5.25. The molecule has 30 heavy (non-hydrogen) atoms. The highest BCUT2D eigenvalue weighted by Crippen LogP contribution is 2.26. The largest absolute Gasteiger partial charge is 0.296 e. The smallest absolute Gasteiger partial charge is 0.257 e. The summed E-state index contributed by atoms with van der Waals surface area (Å²) in [6, 6.07) is 14.1. The van der Waals surface area contributed by atoms with Crippen molar-refractivity contribution in [3.63, 3.8) is 0 Å². The van der Waals surface area contributed by atoms with Crippen LogP contribution in [0.2, 0.25) is 0 Å². The molecule has 1 aromatic heterocycles. The van der Waals surface area contributed by atoms with Gasteiger partial charge in [-0.05, 0) is 48.1 Å². The molecule has 158 valence electrons. The third-order valence-corrected chi connectivity index (χ3v) is 7.28. The minimum atomic E-state index is -3.50. The van der Waals surface area contributed by atoms with Gasteiger partial charge < -0.3 is 0 Å². The van der Waals surface area contributed by atoms with Gasteiger partial charge in [0, 0.05) is 5.56 Å². The van der Waals surface area contributed by atoms with Gasteiger partial charge in [-0.25, -0.2) is 8.42 Å². The van der Waals surface area contributed by atoms with Crippen molar-refractivity contribution in [1.29, 1.82) is 0 Å². The molecule has 0 spiro atoms. The van der Waals surface area contributed by atoms with E-state index in [4.69, 9.17) is 0 Å². The van der Waals surface area contributed by atoms with Crippen LogP contribution in [0.1, 0.15) is 28.4 Å². The van der Waals surface area contributed by atoms with Crippen molar-refractivity contribution in [3.8, 4) is 0 Å². The summed E-state index contributed by atoms with van der Waals surface area (Å²) in [4.78, 5) is 12.5. The van der Waals surface area contributed by atoms with Gasteiger partial charge in [0.25, 0.3) is 5.91 Å². The number of hydrogen-bond acceptors (Lipinski definition) is 7. The second-order valence-corrected chi connectivity index (χ2v) is 10.9. The van der Waals surface area contributed by atoms with E-state index < -0.39 is 10.0 Å². The maximum atomic E-state index is 12.5. The van der Waals surface area contributed by atoms with Gasteiger partial charge in [0.1, 0.15) is 0 Å². The quantitative estimate of drug-likeness (QED) is 0.399. The molecule has 3 aromatic rings. The lowest BCUT2D eigenvalue weighted by atomic mass is 10.1. The second-order valence-electron chi connectivity index (χ2n) is 6.50. The van der Waals surface area contributed by atoms with Crippen LogP contribution >= 0.6 is 23.1 Å². The molecule has 7 nitrogen and oxygen atoms in total. The van der Waals surface area contributed by atoms with Crippen LogP contribution in [0.25, 0.3) is 0 Å². The fourth-order valence-electron chi connectivity index (χ4n) is 2.73. The lowest BCUT2D eigenvalue weighted by molar-refractivity contribution is 0.102. The summed E-state index contributed by atoms with van der Waals surface area (Å²) >= 11 is 2.87. The Balaban J connectivity index is 1.77. The van der Waals surface area contributed by atoms with Crippen molar-refractivity contribution < 1.29 is 13.2 Å². The molecule has 0 aliphatic rings. The van der Waals surface area contributed by atoms with Crippen LogP contribution in [-0.2, 0) is 16.6 Å². The molecule has 0 bridgehead atoms. The Kier molecular flexibility index (Phi) is 7.11. The van der Waals surface area contributed by atoms with Gasteiger partial charge in [0.2, 0.25) is 15.2 Å². The van der Waals surface area contributed by atoms with Crippen LogP contribution in [-0.4, -0.2) is 36.5 Å². The zero-order valence-corrected chi connectivity index (χ0v) is 19.3. The van der Waals surface area contributed by atoms with Crippen molar-refractivity contribution >= 4 is 49.8 Å². The van der Waals surface area contributed by atoms with E-state index in [2.05, 4.69) is 15.5 Å². The van der Waals surface area contributed by atoms with Crippen molar-refractivity contribution in [2.24, 2.45) is 0 Å². The van der Waals surface area contributed by atoms with Crippen molar-refractivity contribution in [1.82, 2.24) is 10.2 Å². The third kappa shape index (κ3) is 5.59. The second kappa shape index (κ2) is 9.59. The number of nitrogens with zero attached hydrogens (tertiary/aromatic N) is 3. The first kappa shape index (κ1) is 22.3. The first-order valence-electron chi connectivity index (χ1n) is 9.18. The Morgan fingerprint density at radius 1 is 1.13 bits per heavy atom. The Morgan fingerprint density at radius 3 is 2.47 bits per heavy atom. The standard InChI is InChI=1S/C20H22N4O3S3/c1-4-28-20-23-22-19(29-20)21-18(25)15-9-11-17(12-10-15)24(30(3,26)27)13-16-8-6-5-7-14(16)2/h5-12H,4,13H2,1-3H3,(H,21,22,25). The maximum absolute atomic E-state index is 12.5. The first-order chi connectivity index (χ1) is 14.3. The number of rotatable bonds is 8. The Bertz CT molecular complexity index is 1130. The average Bonchev–Trinajstić information content (AvgIpc) is 3.14. The molecule has 3 rings (SSSR count). The summed E-state index contributed by atoms with van der Waals surface area (Å²) in [5.41, 5.74) is 2.83. The molecule has 10 heteroatoms. The number of aryl methyl sites for hydroxylation is 1. The van der Waals surface area contributed by atoms with E-state index in [1.165, 1.54) is 21.9 Å². The topological polar surface area (TPSA) is 92.3 Å². The molecule has 0 saturated carbocycles. The van der Waals surface area contributed by atoms with Crippen LogP contribution < -0.4 is 9.62 Å². The van der Waals surface area contributed by atoms with Crippen LogP contribution in [0.15, 0.2) is 52.9 Å². The lowest BCUT2D eigenvalue weighted by Crippen LogP contribution is -2.29. The Hall–Kier alpha value is -2.43. The molecule has 0 saturated heterocycles. The van der Waals surface area contributed by atoms with Gasteiger partial charge in [-0.2, -0.15) is 0 Å². The Labute approximate surface area is 184 Å². The molecular weight excluding hydrogens is 440 g/mol. The SMILES string of the molecule is CCSc1nnc(NC(=O)c2ccc(N(Cc3ccccc3C)S(C)(=O)=O)cc2)s1. The highest BCUT2D eigenvalue weighted by Gasteiger charge is 2.19. The lowest BCUT2D eigenvalue weighted by Gasteiger charge is -2.23. The zero-order chi connectivity index (χ0) is 21.7. The maximum Gasteiger partial charge on any atom is 0.257 e. The summed E-state index contributed by atoms with van der Waals surface area (Å²) in [6.07, 6.45) is 1.17. The predicted molar refractivity (Wildman–Crippen MR) is 123 cm³/mol. The van der Waals surface area contributed by atoms with Crippen molar-refractivity contribution in [2.45, 2.75) is 24.7 Å². The highest BCUT2D eigenvalue weighted by molar-refractivity contribution is 8.01. The number of hydrogen-bond donors (Lipinski definition) is 1. The van der Waals surface area contributed by atoms with E-state index in [-0.39, 0.29) is 12.5 Å². The molecular formula is C20H22N4O3S3. The average molecular weight is 463 g/mol. The molecule has 0 fully saturated rings. The van der Waals surface area contributed by atoms with Gasteiger partial charge in [0.15, 0.2) is 4.34 Å². The Morgan fingerprint density at radius 2 is 1.83 bits per heavy atom. The van der Waals surface area contributed by atoms with Crippen LogP contribution in [0.5, 0.6) is 0 Å². The van der Waals surface area contributed by atoms with E-state index in [9.17, 15) is 13.2 Å². The number of benzene rings is 2. The van der Waals surface area contributed by atoms with Crippen LogP contribution in [0, 0.1) is 6.92 Å². The number of nitrogens with one attached hydrogen (secondary N) is 1. The summed E-state index contributed by atoms with van der Waals surface area (Å²) in [5.74, 6) is 0.555. The molecule has 0 atom stereocenters. The normalized spacial score (nSPS) is 11.3. The van der Waals surface area contributed by atoms with E-state index >= 15 is 0 Å². The number of thioether (sulfide) groups is 1. The van der Waals surface area contributed by atoms with Gasteiger partial charge in [-0.3, -0.25) is 14.4 Å². The number of amides is 1. The van der Waals surface area contributed by atoms with Crippen LogP contribution in [0.3, 0.4) is 0 Å². The van der Waals surface area contributed by atoms with Gasteiger partial charge >= 0.3 is 0 Å². The molecule has 1 amide bonds. The highest BCUT2D eigenvalue weighted by atomic mass is 32.2. The van der Waals surface area contributed by atoms with Gasteiger partial charge in [0.05, 0.1) is 18.5 Å². The fraction of sp³-hybridized carbons (Fsp3) is 0.250. The number of anilines is 2. The number of sulfonamides is 1. The number of carbonyl (C=O) groups excluding carboxylic acids is 1. The third-order valence-electron chi connectivity index (χ3n) is 4.29. The molecule has 1 N–H and O–H groups in total. The minimum absolute atomic E-state index is 0.222. The van der Waals surface area contributed by atoms with E-state index in [1.807, 2.05) is 38.1 Å². The molecule has 0 aliphatic carbocycles. The van der Waals surface area contributed by atoms with Crippen LogP contribution in [0.4, 0.5) is 10.8 Å². The van der Waals surface area contributed by atoms with E-state index in [0.29, 0.717) is 16.4 Å². The van der Waals surface area contributed by atoms with Crippen molar-refractivity contribution in [3.05, 3.63) is 65.2 Å². The molecule has 2 aromatic carbocycles. The number of carbonyl (C=O) groups is 1. The van der Waals surface area contributed by atoms with Gasteiger partial charge in [-0.15, -0.1) is 10.2 Å². The number of aromatic nitrogens is 2.